The second-order valence-electron chi connectivity index (χ2n) is 6.89. The number of carbonyl (C=O) groups excluding carboxylic acids is 1. The largest absolute Gasteiger partial charge is 0.490 e. The highest BCUT2D eigenvalue weighted by Crippen LogP contribution is 2.38. The summed E-state index contributed by atoms with van der Waals surface area (Å²) in [6.07, 6.45) is 5.16. The van der Waals surface area contributed by atoms with Crippen molar-refractivity contribution in [3.63, 3.8) is 0 Å². The molecule has 23 heavy (non-hydrogen) atoms. The lowest BCUT2D eigenvalue weighted by molar-refractivity contribution is -0.117. The summed E-state index contributed by atoms with van der Waals surface area (Å²) in [5.41, 5.74) is 0.759. The predicted molar refractivity (Wildman–Crippen MR) is 87.4 cm³/mol. The monoisotopic (exact) mass is 335 g/mol. The van der Waals surface area contributed by atoms with E-state index in [1.807, 2.05) is 24.3 Å². The molecule has 0 N–H and O–H groups in total. The molecule has 1 saturated carbocycles. The van der Waals surface area contributed by atoms with Crippen LogP contribution in [0.5, 0.6) is 5.75 Å². The van der Waals surface area contributed by atoms with Gasteiger partial charge in [-0.1, -0.05) is 6.07 Å². The van der Waals surface area contributed by atoms with Gasteiger partial charge in [0.25, 0.3) is 0 Å². The van der Waals surface area contributed by atoms with Gasteiger partial charge in [0.1, 0.15) is 5.75 Å². The van der Waals surface area contributed by atoms with Gasteiger partial charge in [-0.05, 0) is 37.8 Å². The van der Waals surface area contributed by atoms with E-state index in [0.29, 0.717) is 6.42 Å². The van der Waals surface area contributed by atoms with Gasteiger partial charge in [0, 0.05) is 24.1 Å². The standard InChI is InChI=1S/C17H21NO4S/c19-17-8-12-10-23(20,21)11-16(12)18(17)13-4-3-7-15(9-13)22-14-5-1-2-6-14/h3-4,7,9,12,14,16H,1-2,5-6,8,10-11H2/t12-,16-/m1/s1. The predicted octanol–water partition coefficient (Wildman–Crippen LogP) is 2.16. The molecule has 1 aliphatic carbocycles. The maximum Gasteiger partial charge on any atom is 0.227 e. The average molecular weight is 335 g/mol. The van der Waals surface area contributed by atoms with E-state index in [1.54, 1.807) is 4.90 Å². The van der Waals surface area contributed by atoms with Crippen molar-refractivity contribution in [1.29, 1.82) is 0 Å². The minimum Gasteiger partial charge on any atom is -0.490 e. The van der Waals surface area contributed by atoms with Crippen molar-refractivity contribution in [3.05, 3.63) is 24.3 Å². The van der Waals surface area contributed by atoms with Crippen LogP contribution in [0.4, 0.5) is 5.69 Å². The third-order valence-corrected chi connectivity index (χ3v) is 6.96. The van der Waals surface area contributed by atoms with Crippen molar-refractivity contribution in [2.45, 2.75) is 44.2 Å². The lowest BCUT2D eigenvalue weighted by Crippen LogP contribution is -2.36. The summed E-state index contributed by atoms with van der Waals surface area (Å²) in [7, 11) is -3.02. The number of fused-ring (bicyclic) bond motifs is 1. The molecular formula is C17H21NO4S. The Balaban J connectivity index is 1.58. The zero-order chi connectivity index (χ0) is 16.0. The Hall–Kier alpha value is -1.56. The van der Waals surface area contributed by atoms with Crippen molar-refractivity contribution < 1.29 is 17.9 Å². The first-order valence-corrected chi connectivity index (χ1v) is 10.1. The highest BCUT2D eigenvalue weighted by Gasteiger charge is 2.49. The number of carbonyl (C=O) groups is 1. The van der Waals surface area contributed by atoms with Gasteiger partial charge in [-0.2, -0.15) is 0 Å². The number of amides is 1. The fraction of sp³-hybridized carbons (Fsp3) is 0.588. The van der Waals surface area contributed by atoms with E-state index in [1.165, 1.54) is 12.8 Å². The molecule has 1 aromatic rings. The van der Waals surface area contributed by atoms with Gasteiger partial charge in [0.05, 0.1) is 23.7 Å². The van der Waals surface area contributed by atoms with Gasteiger partial charge in [0.15, 0.2) is 9.84 Å². The van der Waals surface area contributed by atoms with E-state index in [4.69, 9.17) is 4.74 Å². The molecule has 3 fully saturated rings. The molecule has 2 atom stereocenters. The third-order valence-electron chi connectivity index (χ3n) is 5.17. The van der Waals surface area contributed by atoms with E-state index in [0.717, 1.165) is 24.3 Å². The minimum atomic E-state index is -3.02. The fourth-order valence-electron chi connectivity index (χ4n) is 4.13. The van der Waals surface area contributed by atoms with Gasteiger partial charge in [0.2, 0.25) is 5.91 Å². The van der Waals surface area contributed by atoms with Crippen molar-refractivity contribution in [1.82, 2.24) is 0 Å². The van der Waals surface area contributed by atoms with E-state index >= 15 is 0 Å². The van der Waals surface area contributed by atoms with Crippen LogP contribution in [0, 0.1) is 5.92 Å². The van der Waals surface area contributed by atoms with Crippen LogP contribution in [-0.2, 0) is 14.6 Å². The van der Waals surface area contributed by atoms with Crippen molar-refractivity contribution in [2.75, 3.05) is 16.4 Å². The number of ether oxygens (including phenoxy) is 1. The molecule has 0 aromatic heterocycles. The summed E-state index contributed by atoms with van der Waals surface area (Å²) in [5, 5.41) is 0. The molecule has 3 aliphatic rings. The molecule has 2 aliphatic heterocycles. The summed E-state index contributed by atoms with van der Waals surface area (Å²) in [5.74, 6) is 0.946. The van der Waals surface area contributed by atoms with Crippen LogP contribution < -0.4 is 9.64 Å². The molecular weight excluding hydrogens is 314 g/mol. The molecule has 1 aromatic carbocycles. The van der Waals surface area contributed by atoms with Crippen LogP contribution in [0.15, 0.2) is 24.3 Å². The maximum atomic E-state index is 12.3. The minimum absolute atomic E-state index is 0.0212. The zero-order valence-corrected chi connectivity index (χ0v) is 13.8. The number of sulfone groups is 1. The molecule has 124 valence electrons. The first-order valence-electron chi connectivity index (χ1n) is 8.31. The first kappa shape index (κ1) is 15.0. The summed E-state index contributed by atoms with van der Waals surface area (Å²) in [4.78, 5) is 14.0. The molecule has 0 radical (unpaired) electrons. The van der Waals surface area contributed by atoms with Gasteiger partial charge >= 0.3 is 0 Å². The van der Waals surface area contributed by atoms with Crippen molar-refractivity contribution in [2.24, 2.45) is 5.92 Å². The van der Waals surface area contributed by atoms with Crippen LogP contribution in [0.3, 0.4) is 0 Å². The summed E-state index contributed by atoms with van der Waals surface area (Å²) in [6.45, 7) is 0. The topological polar surface area (TPSA) is 63.7 Å². The number of benzene rings is 1. The molecule has 0 spiro atoms. The second-order valence-corrected chi connectivity index (χ2v) is 9.05. The van der Waals surface area contributed by atoms with Gasteiger partial charge < -0.3 is 9.64 Å². The Morgan fingerprint density at radius 2 is 1.91 bits per heavy atom. The normalized spacial score (nSPS) is 29.9. The Labute approximate surface area is 136 Å². The summed E-state index contributed by atoms with van der Waals surface area (Å²) in [6, 6.07) is 7.32. The molecule has 0 unspecified atom stereocenters. The molecule has 0 bridgehead atoms. The molecule has 2 saturated heterocycles. The summed E-state index contributed by atoms with van der Waals surface area (Å²) < 4.78 is 29.7. The first-order chi connectivity index (χ1) is 11.0. The molecule has 2 heterocycles. The zero-order valence-electron chi connectivity index (χ0n) is 13.0. The highest BCUT2D eigenvalue weighted by molar-refractivity contribution is 7.91. The maximum absolute atomic E-state index is 12.3. The fourth-order valence-corrected chi connectivity index (χ4v) is 6.20. The molecule has 5 nitrogen and oxygen atoms in total. The highest BCUT2D eigenvalue weighted by atomic mass is 32.2. The van der Waals surface area contributed by atoms with Crippen molar-refractivity contribution in [3.8, 4) is 5.75 Å². The number of nitrogens with zero attached hydrogens (tertiary/aromatic N) is 1. The lowest BCUT2D eigenvalue weighted by atomic mass is 10.0. The third kappa shape index (κ3) is 2.84. The van der Waals surface area contributed by atoms with Crippen molar-refractivity contribution >= 4 is 21.4 Å². The molecule has 1 amide bonds. The Morgan fingerprint density at radius 1 is 1.13 bits per heavy atom. The summed E-state index contributed by atoms with van der Waals surface area (Å²) >= 11 is 0. The number of hydrogen-bond donors (Lipinski definition) is 0. The van der Waals surface area contributed by atoms with Crippen LogP contribution in [-0.4, -0.2) is 38.0 Å². The van der Waals surface area contributed by atoms with Crippen LogP contribution in [0.1, 0.15) is 32.1 Å². The van der Waals surface area contributed by atoms with Gasteiger partial charge in [-0.25, -0.2) is 8.42 Å². The van der Waals surface area contributed by atoms with Crippen LogP contribution in [0.25, 0.3) is 0 Å². The Kier molecular flexibility index (Phi) is 3.59. The number of hydrogen-bond acceptors (Lipinski definition) is 4. The second kappa shape index (κ2) is 5.51. The van der Waals surface area contributed by atoms with Crippen LogP contribution in [0.2, 0.25) is 0 Å². The molecule has 6 heteroatoms. The van der Waals surface area contributed by atoms with E-state index in [9.17, 15) is 13.2 Å². The Morgan fingerprint density at radius 3 is 2.70 bits per heavy atom. The number of anilines is 1. The average Bonchev–Trinajstić information content (AvgIpc) is 3.14. The van der Waals surface area contributed by atoms with E-state index in [2.05, 4.69) is 0 Å². The van der Waals surface area contributed by atoms with Gasteiger partial charge in [-0.3, -0.25) is 4.79 Å². The smallest absolute Gasteiger partial charge is 0.227 e. The van der Waals surface area contributed by atoms with Gasteiger partial charge in [-0.15, -0.1) is 0 Å². The van der Waals surface area contributed by atoms with E-state index < -0.39 is 9.84 Å². The quantitative estimate of drug-likeness (QED) is 0.849. The van der Waals surface area contributed by atoms with Crippen LogP contribution >= 0.6 is 0 Å². The van der Waals surface area contributed by atoms with E-state index in [-0.39, 0.29) is 35.5 Å². The molecule has 4 rings (SSSR count). The Bertz CT molecular complexity index is 724. The SMILES string of the molecule is O=C1C[C@@H]2CS(=O)(=O)C[C@H]2N1c1cccc(OC2CCCC2)c1. The number of rotatable bonds is 3. The lowest BCUT2D eigenvalue weighted by Gasteiger charge is -2.24.